The molecule has 0 unspecified atom stereocenters. The molecule has 0 saturated heterocycles. The molecule has 14 heavy (non-hydrogen) atoms. The molecule has 76 valence electrons. The first-order valence-electron chi connectivity index (χ1n) is 4.58. The molecule has 0 aromatic heterocycles. The van der Waals surface area contributed by atoms with E-state index in [1.807, 2.05) is 24.3 Å². The minimum Gasteiger partial charge on any atom is -0.396 e. The predicted molar refractivity (Wildman–Crippen MR) is 63.9 cm³/mol. The molecule has 1 aromatic rings. The molecule has 0 saturated carbocycles. The van der Waals surface area contributed by atoms with Crippen LogP contribution >= 0.6 is 23.2 Å². The Balaban J connectivity index is 2.73. The number of aliphatic hydroxyl groups excluding tert-OH is 1. The van der Waals surface area contributed by atoms with E-state index in [1.165, 1.54) is 0 Å². The van der Waals surface area contributed by atoms with Gasteiger partial charge in [-0.3, -0.25) is 0 Å². The third-order valence-corrected chi connectivity index (χ3v) is 2.17. The van der Waals surface area contributed by atoms with Gasteiger partial charge in [-0.1, -0.05) is 24.3 Å². The van der Waals surface area contributed by atoms with E-state index in [-0.39, 0.29) is 6.61 Å². The second-order valence-electron chi connectivity index (χ2n) is 3.54. The van der Waals surface area contributed by atoms with Gasteiger partial charge in [-0.25, -0.2) is 0 Å². The molecule has 0 aliphatic heterocycles. The lowest BCUT2D eigenvalue weighted by Gasteiger charge is -2.13. The van der Waals surface area contributed by atoms with E-state index in [2.05, 4.69) is 0 Å². The van der Waals surface area contributed by atoms with Crippen molar-refractivity contribution in [3.8, 4) is 0 Å². The largest absolute Gasteiger partial charge is 0.396 e. The summed E-state index contributed by atoms with van der Waals surface area (Å²) in [6.07, 6.45) is 1.30. The van der Waals surface area contributed by atoms with Gasteiger partial charge in [0.05, 0.1) is 4.23 Å². The molecule has 1 rings (SSSR count). The lowest BCUT2D eigenvalue weighted by molar-refractivity contribution is 0.299. The molecule has 0 heterocycles. The zero-order valence-corrected chi connectivity index (χ0v) is 9.65. The Bertz CT molecular complexity index is 296. The summed E-state index contributed by atoms with van der Waals surface area (Å²) >= 11 is 11.8. The highest BCUT2D eigenvalue weighted by Gasteiger charge is 2.16. The van der Waals surface area contributed by atoms with Crippen molar-refractivity contribution in [2.24, 2.45) is 0 Å². The van der Waals surface area contributed by atoms with Crippen molar-refractivity contribution in [2.75, 3.05) is 6.61 Å². The average Bonchev–Trinajstić information content (AvgIpc) is 2.02. The summed E-state index contributed by atoms with van der Waals surface area (Å²) in [6.45, 7) is 0.169. The number of benzene rings is 1. The first-order valence-corrected chi connectivity index (χ1v) is 5.33. The Hall–Kier alpha value is -0.175. The first kappa shape index (κ1) is 11.9. The average molecular weight is 231 g/mol. The highest BCUT2D eigenvalue weighted by molar-refractivity contribution is 6.65. The van der Waals surface area contributed by atoms with Gasteiger partial charge in [0.15, 0.2) is 0 Å². The van der Waals surface area contributed by atoms with Crippen LogP contribution in [0.4, 0.5) is 0 Å². The van der Waals surface area contributed by atoms with E-state index in [4.69, 9.17) is 28.3 Å². The van der Waals surface area contributed by atoms with Crippen LogP contribution in [0.25, 0.3) is 0 Å². The monoisotopic (exact) mass is 230 g/mol. The number of hydrogen-bond donors (Lipinski definition) is 1. The fourth-order valence-corrected chi connectivity index (χ4v) is 1.69. The molecule has 1 N–H and O–H groups in total. The van der Waals surface area contributed by atoms with E-state index >= 15 is 0 Å². The van der Waals surface area contributed by atoms with Crippen LogP contribution in [0.1, 0.15) is 11.1 Å². The molecule has 0 radical (unpaired) electrons. The molecule has 0 aliphatic carbocycles. The topological polar surface area (TPSA) is 20.2 Å². The van der Waals surface area contributed by atoms with Gasteiger partial charge in [0, 0.05) is 6.61 Å². The fourth-order valence-electron chi connectivity index (χ4n) is 1.38. The molecular weight excluding hydrogens is 218 g/mol. The normalized spacial score (nSPS) is 11.6. The van der Waals surface area contributed by atoms with E-state index in [0.717, 1.165) is 11.1 Å². The van der Waals surface area contributed by atoms with Gasteiger partial charge >= 0.3 is 0 Å². The maximum Gasteiger partial charge on any atom is 0.149 e. The Morgan fingerprint density at radius 3 is 2.50 bits per heavy atom. The van der Waals surface area contributed by atoms with E-state index in [1.54, 1.807) is 7.85 Å². The van der Waals surface area contributed by atoms with Crippen molar-refractivity contribution in [1.29, 1.82) is 0 Å². The number of halogens is 2. The van der Waals surface area contributed by atoms with Crippen LogP contribution < -0.4 is 0 Å². The summed E-state index contributed by atoms with van der Waals surface area (Å²) in [6, 6.07) is 7.96. The zero-order chi connectivity index (χ0) is 10.6. The van der Waals surface area contributed by atoms with Crippen LogP contribution in [0, 0.1) is 0 Å². The predicted octanol–water partition coefficient (Wildman–Crippen LogP) is 1.53. The highest BCUT2D eigenvalue weighted by Crippen LogP contribution is 2.22. The summed E-state index contributed by atoms with van der Waals surface area (Å²) < 4.78 is -0.724. The zero-order valence-electron chi connectivity index (χ0n) is 8.13. The van der Waals surface area contributed by atoms with Crippen molar-refractivity contribution in [1.82, 2.24) is 0 Å². The molecule has 0 spiro atoms. The van der Waals surface area contributed by atoms with E-state index in [0.29, 0.717) is 12.8 Å². The SMILES string of the molecule is BC(Cl)(Cl)Cc1cccc(CCO)c1. The Labute approximate surface area is 95.4 Å². The number of rotatable bonds is 4. The third kappa shape index (κ3) is 4.36. The molecule has 4 heteroatoms. The van der Waals surface area contributed by atoms with Crippen molar-refractivity contribution >= 4 is 31.0 Å². The van der Waals surface area contributed by atoms with Gasteiger partial charge in [0.25, 0.3) is 0 Å². The molecule has 0 bridgehead atoms. The smallest absolute Gasteiger partial charge is 0.149 e. The standard InChI is InChI=1S/C10H13BCl2O/c11-10(12,13)7-9-3-1-2-8(6-9)4-5-14/h1-3,6,14H,4-5,7,11H2. The van der Waals surface area contributed by atoms with Crippen LogP contribution in [-0.2, 0) is 12.8 Å². The lowest BCUT2D eigenvalue weighted by atomic mass is 9.94. The first-order chi connectivity index (χ1) is 6.51. The number of alkyl halides is 2. The number of aliphatic hydroxyl groups is 1. The molecule has 0 aliphatic rings. The molecule has 0 fully saturated rings. The second-order valence-corrected chi connectivity index (χ2v) is 5.40. The van der Waals surface area contributed by atoms with Crippen molar-refractivity contribution in [3.05, 3.63) is 35.4 Å². The minimum absolute atomic E-state index is 0.169. The molecule has 0 amide bonds. The molecule has 0 atom stereocenters. The van der Waals surface area contributed by atoms with Crippen LogP contribution in [0.3, 0.4) is 0 Å². The van der Waals surface area contributed by atoms with Crippen molar-refractivity contribution in [2.45, 2.75) is 17.1 Å². The van der Waals surface area contributed by atoms with E-state index < -0.39 is 4.23 Å². The Morgan fingerprint density at radius 2 is 1.93 bits per heavy atom. The van der Waals surface area contributed by atoms with Crippen molar-refractivity contribution in [3.63, 3.8) is 0 Å². The van der Waals surface area contributed by atoms with E-state index in [9.17, 15) is 0 Å². The lowest BCUT2D eigenvalue weighted by Crippen LogP contribution is -2.15. The maximum atomic E-state index is 8.79. The maximum absolute atomic E-state index is 8.79. The Kier molecular flexibility index (Phi) is 4.30. The van der Waals surface area contributed by atoms with Gasteiger partial charge in [0.2, 0.25) is 0 Å². The summed E-state index contributed by atoms with van der Waals surface area (Å²) in [5, 5.41) is 8.79. The molecule has 1 aromatic carbocycles. The van der Waals surface area contributed by atoms with Gasteiger partial charge in [0.1, 0.15) is 7.85 Å². The van der Waals surface area contributed by atoms with Gasteiger partial charge in [-0.15, -0.1) is 23.2 Å². The second kappa shape index (κ2) is 5.06. The summed E-state index contributed by atoms with van der Waals surface area (Å²) in [7, 11) is 1.77. The van der Waals surface area contributed by atoms with Crippen LogP contribution in [0.15, 0.2) is 24.3 Å². The van der Waals surface area contributed by atoms with Crippen LogP contribution in [-0.4, -0.2) is 23.8 Å². The van der Waals surface area contributed by atoms with Crippen molar-refractivity contribution < 1.29 is 5.11 Å². The quantitative estimate of drug-likeness (QED) is 0.615. The molecule has 1 nitrogen and oxygen atoms in total. The van der Waals surface area contributed by atoms with Gasteiger partial charge in [-0.05, 0) is 24.0 Å². The summed E-state index contributed by atoms with van der Waals surface area (Å²) in [5.74, 6) is 0. The van der Waals surface area contributed by atoms with Gasteiger partial charge in [-0.2, -0.15) is 0 Å². The van der Waals surface area contributed by atoms with Crippen LogP contribution in [0.2, 0.25) is 0 Å². The fraction of sp³-hybridized carbons (Fsp3) is 0.400. The number of hydrogen-bond acceptors (Lipinski definition) is 1. The van der Waals surface area contributed by atoms with Crippen LogP contribution in [0.5, 0.6) is 0 Å². The Morgan fingerprint density at radius 1 is 1.29 bits per heavy atom. The summed E-state index contributed by atoms with van der Waals surface area (Å²) in [4.78, 5) is 0. The minimum atomic E-state index is -0.724. The van der Waals surface area contributed by atoms with Gasteiger partial charge < -0.3 is 5.11 Å². The third-order valence-electron chi connectivity index (χ3n) is 1.91. The molecular formula is C10H13BCl2O. The highest BCUT2D eigenvalue weighted by atomic mass is 35.5. The summed E-state index contributed by atoms with van der Waals surface area (Å²) in [5.41, 5.74) is 2.21.